The molecule has 5 nitrogen and oxygen atoms in total. The third kappa shape index (κ3) is 9.53. The predicted octanol–water partition coefficient (Wildman–Crippen LogP) is 7.75. The van der Waals surface area contributed by atoms with Crippen molar-refractivity contribution in [2.45, 2.75) is 75.5 Å². The third-order valence-electron chi connectivity index (χ3n) is 5.49. The molecule has 0 aliphatic heterocycles. The minimum Gasteiger partial charge on any atom is -0.467 e. The molecule has 0 atom stereocenters. The normalized spacial score (nSPS) is 11.9. The van der Waals surface area contributed by atoms with Gasteiger partial charge in [-0.1, -0.05) is 30.2 Å². The van der Waals surface area contributed by atoms with Crippen LogP contribution in [0.2, 0.25) is 0 Å². The SMILES string of the molecule is CC(C)(C)OC(=O)C(C)(C)Sc1ccc(CN(C#CCC(=O)c2cccc(C(F)(F)F)c2)Cc2ccco2)cc1. The van der Waals surface area contributed by atoms with E-state index in [2.05, 4.69) is 12.0 Å². The number of ketones is 1. The van der Waals surface area contributed by atoms with Crippen molar-refractivity contribution in [3.8, 4) is 12.0 Å². The highest BCUT2D eigenvalue weighted by Crippen LogP contribution is 2.35. The fourth-order valence-corrected chi connectivity index (χ4v) is 4.54. The molecule has 0 saturated carbocycles. The average molecular weight is 572 g/mol. The number of rotatable bonds is 9. The third-order valence-corrected chi connectivity index (χ3v) is 6.67. The number of halogens is 3. The molecule has 0 radical (unpaired) electrons. The maximum atomic E-state index is 13.0. The summed E-state index contributed by atoms with van der Waals surface area (Å²) in [5.41, 5.74) is -0.551. The molecule has 0 N–H and O–H groups in total. The monoisotopic (exact) mass is 571 g/mol. The number of hydrogen-bond acceptors (Lipinski definition) is 6. The van der Waals surface area contributed by atoms with E-state index in [1.807, 2.05) is 58.9 Å². The van der Waals surface area contributed by atoms with E-state index in [4.69, 9.17) is 9.15 Å². The van der Waals surface area contributed by atoms with Crippen molar-refractivity contribution in [3.05, 3.63) is 89.4 Å². The number of carbonyl (C=O) groups is 2. The zero-order valence-electron chi connectivity index (χ0n) is 23.1. The fourth-order valence-electron chi connectivity index (χ4n) is 3.55. The van der Waals surface area contributed by atoms with E-state index < -0.39 is 27.9 Å². The Bertz CT molecular complexity index is 1360. The minimum absolute atomic E-state index is 0.0379. The summed E-state index contributed by atoms with van der Waals surface area (Å²) in [6, 6.07) is 18.5. The van der Waals surface area contributed by atoms with Gasteiger partial charge in [0.1, 0.15) is 16.1 Å². The van der Waals surface area contributed by atoms with Gasteiger partial charge in [0.15, 0.2) is 5.78 Å². The second-order valence-electron chi connectivity index (χ2n) is 10.7. The van der Waals surface area contributed by atoms with Gasteiger partial charge in [0, 0.05) is 16.5 Å². The molecule has 0 amide bonds. The number of thioether (sulfide) groups is 1. The molecule has 0 aliphatic rings. The minimum atomic E-state index is -4.53. The molecule has 1 heterocycles. The van der Waals surface area contributed by atoms with Gasteiger partial charge in [-0.3, -0.25) is 9.59 Å². The smallest absolute Gasteiger partial charge is 0.416 e. The zero-order chi connectivity index (χ0) is 29.6. The van der Waals surface area contributed by atoms with E-state index in [-0.39, 0.29) is 18.0 Å². The van der Waals surface area contributed by atoms with Gasteiger partial charge < -0.3 is 14.1 Å². The first-order chi connectivity index (χ1) is 18.6. The van der Waals surface area contributed by atoms with Crippen LogP contribution in [0.3, 0.4) is 0 Å². The van der Waals surface area contributed by atoms with Crippen molar-refractivity contribution in [1.82, 2.24) is 4.90 Å². The lowest BCUT2D eigenvalue weighted by atomic mass is 10.1. The molecule has 40 heavy (non-hydrogen) atoms. The van der Waals surface area contributed by atoms with Crippen LogP contribution in [0, 0.1) is 12.0 Å². The summed E-state index contributed by atoms with van der Waals surface area (Å²) in [7, 11) is 0. The first kappa shape index (κ1) is 30.9. The summed E-state index contributed by atoms with van der Waals surface area (Å²) in [5.74, 6) is 2.67. The lowest BCUT2D eigenvalue weighted by Crippen LogP contribution is -2.36. The van der Waals surface area contributed by atoms with Crippen LogP contribution in [0.15, 0.2) is 76.2 Å². The van der Waals surface area contributed by atoms with E-state index in [1.165, 1.54) is 23.9 Å². The van der Waals surface area contributed by atoms with E-state index in [0.29, 0.717) is 18.8 Å². The summed E-state index contributed by atoms with van der Waals surface area (Å²) in [4.78, 5) is 27.8. The van der Waals surface area contributed by atoms with Gasteiger partial charge in [0.2, 0.25) is 0 Å². The van der Waals surface area contributed by atoms with Crippen LogP contribution < -0.4 is 0 Å². The van der Waals surface area contributed by atoms with Crippen LogP contribution in [-0.4, -0.2) is 27.0 Å². The molecule has 0 saturated heterocycles. The quantitative estimate of drug-likeness (QED) is 0.0861. The molecule has 3 aromatic rings. The zero-order valence-corrected chi connectivity index (χ0v) is 23.9. The van der Waals surface area contributed by atoms with Crippen LogP contribution in [0.25, 0.3) is 0 Å². The number of carbonyl (C=O) groups excluding carboxylic acids is 2. The Labute approximate surface area is 237 Å². The number of benzene rings is 2. The summed E-state index contributed by atoms with van der Waals surface area (Å²) in [5, 5.41) is 0. The van der Waals surface area contributed by atoms with Crippen LogP contribution in [0.4, 0.5) is 13.2 Å². The summed E-state index contributed by atoms with van der Waals surface area (Å²) < 4.78 is 49.2. The first-order valence-corrected chi connectivity index (χ1v) is 13.4. The number of hydrogen-bond donors (Lipinski definition) is 0. The van der Waals surface area contributed by atoms with Gasteiger partial charge in [0.25, 0.3) is 0 Å². The van der Waals surface area contributed by atoms with Gasteiger partial charge in [-0.25, -0.2) is 0 Å². The van der Waals surface area contributed by atoms with Gasteiger partial charge >= 0.3 is 12.1 Å². The van der Waals surface area contributed by atoms with Gasteiger partial charge in [0.05, 0.1) is 31.3 Å². The Morgan fingerprint density at radius 1 is 0.950 bits per heavy atom. The predicted molar refractivity (Wildman–Crippen MR) is 148 cm³/mol. The molecule has 0 aliphatic carbocycles. The highest BCUT2D eigenvalue weighted by molar-refractivity contribution is 8.01. The van der Waals surface area contributed by atoms with Gasteiger partial charge in [-0.2, -0.15) is 13.2 Å². The molecule has 2 aromatic carbocycles. The average Bonchev–Trinajstić information content (AvgIpc) is 3.36. The Kier molecular flexibility index (Phi) is 9.80. The summed E-state index contributed by atoms with van der Waals surface area (Å²) in [6.45, 7) is 9.89. The molecule has 0 bridgehead atoms. The van der Waals surface area contributed by atoms with Gasteiger partial charge in [-0.15, -0.1) is 11.8 Å². The highest BCUT2D eigenvalue weighted by atomic mass is 32.2. The number of ether oxygens (including phenoxy) is 1. The summed E-state index contributed by atoms with van der Waals surface area (Å²) in [6.07, 6.45) is -3.21. The molecule has 9 heteroatoms. The number of nitrogens with zero attached hydrogens (tertiary/aromatic N) is 1. The van der Waals surface area contributed by atoms with Crippen LogP contribution in [0.1, 0.15) is 68.3 Å². The van der Waals surface area contributed by atoms with Crippen molar-refractivity contribution in [2.75, 3.05) is 0 Å². The topological polar surface area (TPSA) is 59.8 Å². The van der Waals surface area contributed by atoms with Crippen molar-refractivity contribution in [2.24, 2.45) is 0 Å². The maximum Gasteiger partial charge on any atom is 0.416 e. The lowest BCUT2D eigenvalue weighted by Gasteiger charge is -2.28. The molecule has 1 aromatic heterocycles. The highest BCUT2D eigenvalue weighted by Gasteiger charge is 2.34. The fraction of sp³-hybridized carbons (Fsp3) is 0.355. The molecule has 212 valence electrons. The Morgan fingerprint density at radius 3 is 2.25 bits per heavy atom. The molecule has 0 spiro atoms. The van der Waals surface area contributed by atoms with Crippen molar-refractivity contribution >= 4 is 23.5 Å². The Balaban J connectivity index is 1.69. The number of esters is 1. The van der Waals surface area contributed by atoms with E-state index in [1.54, 1.807) is 23.3 Å². The van der Waals surface area contributed by atoms with Crippen molar-refractivity contribution in [3.63, 3.8) is 0 Å². The molecular formula is C31H32F3NO4S. The van der Waals surface area contributed by atoms with Crippen molar-refractivity contribution in [1.29, 1.82) is 0 Å². The largest absolute Gasteiger partial charge is 0.467 e. The maximum absolute atomic E-state index is 13.0. The van der Waals surface area contributed by atoms with E-state index >= 15 is 0 Å². The number of Topliss-reactive ketones (excluding diaryl/α,β-unsaturated/α-hetero) is 1. The number of alkyl halides is 3. The van der Waals surface area contributed by atoms with E-state index in [9.17, 15) is 22.8 Å². The Morgan fingerprint density at radius 2 is 1.65 bits per heavy atom. The summed E-state index contributed by atoms with van der Waals surface area (Å²) >= 11 is 1.40. The van der Waals surface area contributed by atoms with Crippen molar-refractivity contribution < 1.29 is 31.9 Å². The number of furan rings is 1. The lowest BCUT2D eigenvalue weighted by molar-refractivity contribution is -0.156. The first-order valence-electron chi connectivity index (χ1n) is 12.6. The van der Waals surface area contributed by atoms with E-state index in [0.717, 1.165) is 22.6 Å². The molecular weight excluding hydrogens is 539 g/mol. The standard InChI is InChI=1S/C31H32F3NO4S/c1-29(2,3)39-28(37)30(4,5)40-26-15-13-22(14-16-26)20-35(21-25-11-8-18-38-25)17-7-12-27(36)23-9-6-10-24(19-23)31(32,33)34/h6,8-11,13-16,18-19H,12,20-21H2,1-5H3. The molecule has 3 rings (SSSR count). The second-order valence-corrected chi connectivity index (χ2v) is 12.4. The molecule has 0 unspecified atom stereocenters. The van der Waals surface area contributed by atoms with Gasteiger partial charge in [-0.05, 0) is 76.6 Å². The van der Waals surface area contributed by atoms with Crippen LogP contribution in [0.5, 0.6) is 0 Å². The van der Waals surface area contributed by atoms with Crippen LogP contribution in [-0.2, 0) is 28.8 Å². The van der Waals surface area contributed by atoms with Crippen LogP contribution >= 0.6 is 11.8 Å². The molecule has 0 fully saturated rings. The second kappa shape index (κ2) is 12.7. The Hall–Kier alpha value is -3.64.